The zero-order valence-electron chi connectivity index (χ0n) is 15.7. The molecule has 1 aromatic carbocycles. The Balaban J connectivity index is 1.93. The highest BCUT2D eigenvalue weighted by Gasteiger charge is 2.30. The van der Waals surface area contributed by atoms with Crippen LogP contribution < -0.4 is 10.1 Å². The van der Waals surface area contributed by atoms with Gasteiger partial charge < -0.3 is 14.8 Å². The fourth-order valence-electron chi connectivity index (χ4n) is 2.68. The molecule has 1 aromatic rings. The van der Waals surface area contributed by atoms with Gasteiger partial charge in [0.15, 0.2) is 6.61 Å². The van der Waals surface area contributed by atoms with Crippen LogP contribution in [0.4, 0.5) is 0 Å². The van der Waals surface area contributed by atoms with E-state index in [1.165, 1.54) is 16.4 Å². The molecule has 1 saturated heterocycles. The monoisotopic (exact) mass is 418 g/mol. The van der Waals surface area contributed by atoms with Crippen molar-refractivity contribution in [2.24, 2.45) is 0 Å². The van der Waals surface area contributed by atoms with Crippen molar-refractivity contribution in [3.63, 3.8) is 0 Å². The molecule has 152 valence electrons. The minimum atomic E-state index is -3.70. The molecule has 0 aliphatic carbocycles. The maximum absolute atomic E-state index is 12.8. The first-order valence-electron chi connectivity index (χ1n) is 9.11. The van der Waals surface area contributed by atoms with Crippen LogP contribution in [0.1, 0.15) is 33.1 Å². The molecular weight excluding hydrogens is 392 g/mol. The molecule has 0 unspecified atom stereocenters. The van der Waals surface area contributed by atoms with Gasteiger partial charge >= 0.3 is 0 Å². The number of nitrogens with zero attached hydrogens (tertiary/aromatic N) is 1. The third-order valence-electron chi connectivity index (χ3n) is 4.04. The van der Waals surface area contributed by atoms with Crippen LogP contribution in [0.5, 0.6) is 5.75 Å². The Morgan fingerprint density at radius 2 is 2.00 bits per heavy atom. The Hall–Kier alpha value is -1.35. The van der Waals surface area contributed by atoms with Crippen LogP contribution in [-0.2, 0) is 19.6 Å². The average Bonchev–Trinajstić information content (AvgIpc) is 3.15. The molecule has 0 spiro atoms. The van der Waals surface area contributed by atoms with Gasteiger partial charge in [-0.3, -0.25) is 4.79 Å². The lowest BCUT2D eigenvalue weighted by Gasteiger charge is -2.18. The van der Waals surface area contributed by atoms with Crippen LogP contribution in [0.3, 0.4) is 0 Å². The van der Waals surface area contributed by atoms with E-state index in [2.05, 4.69) is 5.32 Å². The van der Waals surface area contributed by atoms with Crippen molar-refractivity contribution in [3.05, 3.63) is 23.2 Å². The van der Waals surface area contributed by atoms with Gasteiger partial charge in [0.25, 0.3) is 5.91 Å². The van der Waals surface area contributed by atoms with Crippen molar-refractivity contribution in [3.8, 4) is 5.75 Å². The van der Waals surface area contributed by atoms with Crippen molar-refractivity contribution in [2.45, 2.75) is 44.1 Å². The van der Waals surface area contributed by atoms with Gasteiger partial charge in [0.05, 0.1) is 6.10 Å². The van der Waals surface area contributed by atoms with Crippen LogP contribution >= 0.6 is 11.6 Å². The molecule has 7 nitrogen and oxygen atoms in total. The summed E-state index contributed by atoms with van der Waals surface area (Å²) in [5, 5.41) is 3.02. The number of hydrogen-bond donors (Lipinski definition) is 1. The second kappa shape index (κ2) is 10.3. The molecule has 0 atom stereocenters. The third kappa shape index (κ3) is 6.64. The number of hydrogen-bond acceptors (Lipinski definition) is 5. The largest absolute Gasteiger partial charge is 0.482 e. The first kappa shape index (κ1) is 21.9. The van der Waals surface area contributed by atoms with Crippen molar-refractivity contribution < 1.29 is 22.7 Å². The summed E-state index contributed by atoms with van der Waals surface area (Å²) in [5.41, 5.74) is 0. The molecule has 9 heteroatoms. The molecular formula is C18H27ClN2O5S. The molecule has 27 heavy (non-hydrogen) atoms. The van der Waals surface area contributed by atoms with Crippen LogP contribution in [0.25, 0.3) is 0 Å². The molecule has 0 saturated carbocycles. The minimum Gasteiger partial charge on any atom is -0.482 e. The highest BCUT2D eigenvalue weighted by Crippen LogP contribution is 2.31. The fraction of sp³-hybridized carbons (Fsp3) is 0.611. The summed E-state index contributed by atoms with van der Waals surface area (Å²) >= 11 is 5.98. The van der Waals surface area contributed by atoms with Gasteiger partial charge in [-0.05, 0) is 51.3 Å². The summed E-state index contributed by atoms with van der Waals surface area (Å²) in [4.78, 5) is 11.9. The van der Waals surface area contributed by atoms with Gasteiger partial charge in [0.2, 0.25) is 10.0 Å². The highest BCUT2D eigenvalue weighted by atomic mass is 35.5. The second-order valence-electron chi connectivity index (χ2n) is 6.61. The number of amides is 1. The molecule has 0 bridgehead atoms. The Labute approximate surface area is 166 Å². The predicted octanol–water partition coefficient (Wildman–Crippen LogP) is 2.43. The third-order valence-corrected chi connectivity index (χ3v) is 6.20. The van der Waals surface area contributed by atoms with Crippen molar-refractivity contribution in [1.29, 1.82) is 0 Å². The van der Waals surface area contributed by atoms with E-state index in [0.29, 0.717) is 37.7 Å². The number of carbonyl (C=O) groups excluding carboxylic acids is 1. The number of sulfonamides is 1. The lowest BCUT2D eigenvalue weighted by molar-refractivity contribution is -0.123. The summed E-state index contributed by atoms with van der Waals surface area (Å²) in [7, 11) is -3.70. The number of rotatable bonds is 10. The average molecular weight is 419 g/mol. The SMILES string of the molecule is CC(C)OCCCNC(=O)COc1ccc(Cl)cc1S(=O)(=O)N1CCCC1. The molecule has 1 aliphatic heterocycles. The predicted molar refractivity (Wildman–Crippen MR) is 104 cm³/mol. The lowest BCUT2D eigenvalue weighted by Crippen LogP contribution is -2.31. The van der Waals surface area contributed by atoms with Gasteiger partial charge in [-0.1, -0.05) is 11.6 Å². The van der Waals surface area contributed by atoms with Gasteiger partial charge in [-0.2, -0.15) is 4.31 Å². The smallest absolute Gasteiger partial charge is 0.257 e. The molecule has 2 rings (SSSR count). The molecule has 1 heterocycles. The van der Waals surface area contributed by atoms with Crippen LogP contribution in [0.2, 0.25) is 5.02 Å². The van der Waals surface area contributed by atoms with E-state index in [1.54, 1.807) is 6.07 Å². The topological polar surface area (TPSA) is 84.9 Å². The van der Waals surface area contributed by atoms with Crippen molar-refractivity contribution in [2.75, 3.05) is 32.8 Å². The quantitative estimate of drug-likeness (QED) is 0.590. The van der Waals surface area contributed by atoms with E-state index in [1.807, 2.05) is 13.8 Å². The summed E-state index contributed by atoms with van der Waals surface area (Å²) in [6.45, 7) is 5.62. The molecule has 1 N–H and O–H groups in total. The zero-order valence-corrected chi connectivity index (χ0v) is 17.3. The maximum atomic E-state index is 12.8. The number of halogens is 1. The van der Waals surface area contributed by atoms with Gasteiger partial charge in [0.1, 0.15) is 10.6 Å². The normalized spacial score (nSPS) is 15.3. The number of nitrogens with one attached hydrogen (secondary N) is 1. The van der Waals surface area contributed by atoms with E-state index < -0.39 is 10.0 Å². The Bertz CT molecular complexity index is 733. The van der Waals surface area contributed by atoms with E-state index in [-0.39, 0.29) is 29.3 Å². The van der Waals surface area contributed by atoms with Crippen LogP contribution in [-0.4, -0.2) is 57.6 Å². The molecule has 1 aliphatic rings. The number of ether oxygens (including phenoxy) is 2. The summed E-state index contributed by atoms with van der Waals surface area (Å²) in [6, 6.07) is 4.39. The van der Waals surface area contributed by atoms with E-state index >= 15 is 0 Å². The Kier molecular flexibility index (Phi) is 8.34. The summed E-state index contributed by atoms with van der Waals surface area (Å²) in [6.07, 6.45) is 2.52. The Morgan fingerprint density at radius 1 is 1.30 bits per heavy atom. The second-order valence-corrected chi connectivity index (χ2v) is 8.96. The maximum Gasteiger partial charge on any atom is 0.257 e. The van der Waals surface area contributed by atoms with E-state index in [4.69, 9.17) is 21.1 Å². The van der Waals surface area contributed by atoms with Crippen molar-refractivity contribution in [1.82, 2.24) is 9.62 Å². The molecule has 0 aromatic heterocycles. The standard InChI is InChI=1S/C18H27ClN2O5S/c1-14(2)25-11-5-8-20-18(22)13-26-16-7-6-15(19)12-17(16)27(23,24)21-9-3-4-10-21/h6-7,12,14H,3-5,8-11,13H2,1-2H3,(H,20,22). The summed E-state index contributed by atoms with van der Waals surface area (Å²) in [5.74, 6) is -0.191. The van der Waals surface area contributed by atoms with Gasteiger partial charge in [-0.15, -0.1) is 0 Å². The summed E-state index contributed by atoms with van der Waals surface area (Å²) < 4.78 is 38.0. The number of carbonyl (C=O) groups is 1. The molecule has 1 fully saturated rings. The fourth-order valence-corrected chi connectivity index (χ4v) is 4.59. The molecule has 1 amide bonds. The lowest BCUT2D eigenvalue weighted by atomic mass is 10.3. The zero-order chi connectivity index (χ0) is 19.9. The van der Waals surface area contributed by atoms with Crippen LogP contribution in [0, 0.1) is 0 Å². The first-order chi connectivity index (χ1) is 12.8. The Morgan fingerprint density at radius 3 is 2.67 bits per heavy atom. The van der Waals surface area contributed by atoms with Crippen LogP contribution in [0.15, 0.2) is 23.1 Å². The van der Waals surface area contributed by atoms with Gasteiger partial charge in [-0.25, -0.2) is 8.42 Å². The number of benzene rings is 1. The minimum absolute atomic E-state index is 0.00460. The van der Waals surface area contributed by atoms with E-state index in [0.717, 1.165) is 12.8 Å². The van der Waals surface area contributed by atoms with E-state index in [9.17, 15) is 13.2 Å². The first-order valence-corrected chi connectivity index (χ1v) is 10.9. The molecule has 0 radical (unpaired) electrons. The highest BCUT2D eigenvalue weighted by molar-refractivity contribution is 7.89. The van der Waals surface area contributed by atoms with Crippen molar-refractivity contribution >= 4 is 27.5 Å². The van der Waals surface area contributed by atoms with Gasteiger partial charge in [0, 0.05) is 31.3 Å².